The van der Waals surface area contributed by atoms with Gasteiger partial charge in [-0.15, -0.1) is 0 Å². The lowest BCUT2D eigenvalue weighted by atomic mass is 10.1. The summed E-state index contributed by atoms with van der Waals surface area (Å²) in [4.78, 5) is 10.8. The first-order valence-electron chi connectivity index (χ1n) is 4.39. The Kier molecular flexibility index (Phi) is 3.87. The van der Waals surface area contributed by atoms with Gasteiger partial charge in [-0.2, -0.15) is 0 Å². The Morgan fingerprint density at radius 1 is 1.58 bits per heavy atom. The van der Waals surface area contributed by atoms with Gasteiger partial charge in [0.15, 0.2) is 6.23 Å². The van der Waals surface area contributed by atoms with E-state index in [0.29, 0.717) is 6.61 Å². The van der Waals surface area contributed by atoms with Crippen LogP contribution in [0.25, 0.3) is 0 Å². The fourth-order valence-electron chi connectivity index (χ4n) is 1.19. The van der Waals surface area contributed by atoms with Crippen molar-refractivity contribution in [3.8, 4) is 0 Å². The number of hydrogen-bond acceptors (Lipinski definition) is 4. The van der Waals surface area contributed by atoms with E-state index in [4.69, 9.17) is 4.74 Å². The van der Waals surface area contributed by atoms with Crippen LogP contribution >= 0.6 is 0 Å². The van der Waals surface area contributed by atoms with Crippen molar-refractivity contribution in [2.45, 2.75) is 32.4 Å². The van der Waals surface area contributed by atoms with Crippen LogP contribution in [0.1, 0.15) is 26.2 Å². The zero-order valence-electron chi connectivity index (χ0n) is 7.34. The van der Waals surface area contributed by atoms with Gasteiger partial charge in [0.25, 0.3) is 0 Å². The number of hydrogen-bond donors (Lipinski definition) is 1. The third-order valence-corrected chi connectivity index (χ3v) is 1.77. The SMILES string of the molecule is CCOC(=O)OC1CCCCN1. The lowest BCUT2D eigenvalue weighted by Gasteiger charge is -2.22. The molecule has 0 aromatic heterocycles. The highest BCUT2D eigenvalue weighted by Gasteiger charge is 2.16. The standard InChI is InChI=1S/C8H15NO3/c1-2-11-8(10)12-7-5-3-4-6-9-7/h7,9H,2-6H2,1H3. The molecular weight excluding hydrogens is 158 g/mol. The molecule has 12 heavy (non-hydrogen) atoms. The van der Waals surface area contributed by atoms with Crippen molar-refractivity contribution in [3.63, 3.8) is 0 Å². The van der Waals surface area contributed by atoms with Crippen LogP contribution in [0.15, 0.2) is 0 Å². The summed E-state index contributed by atoms with van der Waals surface area (Å²) in [6.45, 7) is 3.05. The quantitative estimate of drug-likeness (QED) is 0.638. The van der Waals surface area contributed by atoms with E-state index in [9.17, 15) is 4.79 Å². The summed E-state index contributed by atoms with van der Waals surface area (Å²) in [5.74, 6) is 0. The summed E-state index contributed by atoms with van der Waals surface area (Å²) in [6, 6.07) is 0. The van der Waals surface area contributed by atoms with Gasteiger partial charge in [-0.25, -0.2) is 4.79 Å². The maximum atomic E-state index is 10.8. The van der Waals surface area contributed by atoms with Crippen molar-refractivity contribution in [2.75, 3.05) is 13.2 Å². The number of rotatable bonds is 2. The fraction of sp³-hybridized carbons (Fsp3) is 0.875. The smallest absolute Gasteiger partial charge is 0.435 e. The summed E-state index contributed by atoms with van der Waals surface area (Å²) in [6.07, 6.45) is 2.44. The summed E-state index contributed by atoms with van der Waals surface area (Å²) < 4.78 is 9.60. The molecule has 4 heteroatoms. The second-order valence-electron chi connectivity index (χ2n) is 2.74. The highest BCUT2D eigenvalue weighted by atomic mass is 16.7. The second-order valence-corrected chi connectivity index (χ2v) is 2.74. The predicted molar refractivity (Wildman–Crippen MR) is 43.7 cm³/mol. The monoisotopic (exact) mass is 173 g/mol. The van der Waals surface area contributed by atoms with E-state index in [1.54, 1.807) is 6.92 Å². The maximum Gasteiger partial charge on any atom is 0.509 e. The first-order chi connectivity index (χ1) is 5.83. The molecule has 1 heterocycles. The number of nitrogens with one attached hydrogen (secondary N) is 1. The Morgan fingerprint density at radius 3 is 3.00 bits per heavy atom. The van der Waals surface area contributed by atoms with Gasteiger partial charge in [-0.3, -0.25) is 5.32 Å². The summed E-state index contributed by atoms with van der Waals surface area (Å²) >= 11 is 0. The fourth-order valence-corrected chi connectivity index (χ4v) is 1.19. The molecule has 0 bridgehead atoms. The van der Waals surface area contributed by atoms with E-state index >= 15 is 0 Å². The van der Waals surface area contributed by atoms with E-state index < -0.39 is 6.16 Å². The Hall–Kier alpha value is -0.770. The van der Waals surface area contributed by atoms with Gasteiger partial charge in [0.05, 0.1) is 6.61 Å². The van der Waals surface area contributed by atoms with Crippen LogP contribution in [-0.2, 0) is 9.47 Å². The van der Waals surface area contributed by atoms with E-state index in [2.05, 4.69) is 10.1 Å². The minimum absolute atomic E-state index is 0.141. The van der Waals surface area contributed by atoms with Crippen LogP contribution in [0, 0.1) is 0 Å². The molecule has 0 radical (unpaired) electrons. The van der Waals surface area contributed by atoms with Crippen molar-refractivity contribution in [1.82, 2.24) is 5.32 Å². The molecule has 0 aromatic rings. The van der Waals surface area contributed by atoms with Gasteiger partial charge >= 0.3 is 6.16 Å². The number of carbonyl (C=O) groups excluding carboxylic acids is 1. The molecule has 1 rings (SSSR count). The Bertz CT molecular complexity index is 143. The molecule has 1 N–H and O–H groups in total. The molecular formula is C8H15NO3. The van der Waals surface area contributed by atoms with Crippen molar-refractivity contribution in [1.29, 1.82) is 0 Å². The molecule has 0 aromatic carbocycles. The van der Waals surface area contributed by atoms with Gasteiger partial charge in [0, 0.05) is 0 Å². The highest BCUT2D eigenvalue weighted by molar-refractivity contribution is 5.59. The minimum Gasteiger partial charge on any atom is -0.435 e. The molecule has 0 amide bonds. The van der Waals surface area contributed by atoms with Gasteiger partial charge in [-0.05, 0) is 32.7 Å². The molecule has 1 aliphatic heterocycles. The molecule has 70 valence electrons. The lowest BCUT2D eigenvalue weighted by molar-refractivity contribution is 0.00458. The van der Waals surface area contributed by atoms with E-state index in [-0.39, 0.29) is 6.23 Å². The molecule has 1 saturated heterocycles. The average molecular weight is 173 g/mol. The minimum atomic E-state index is -0.572. The van der Waals surface area contributed by atoms with Crippen LogP contribution in [0.2, 0.25) is 0 Å². The number of carbonyl (C=O) groups is 1. The number of ether oxygens (including phenoxy) is 2. The van der Waals surface area contributed by atoms with Gasteiger partial charge < -0.3 is 9.47 Å². The topological polar surface area (TPSA) is 47.6 Å². The summed E-state index contributed by atoms with van der Waals surface area (Å²) in [5, 5.41) is 3.09. The first-order valence-corrected chi connectivity index (χ1v) is 4.39. The van der Waals surface area contributed by atoms with Crippen molar-refractivity contribution >= 4 is 6.16 Å². The third kappa shape index (κ3) is 3.09. The second kappa shape index (κ2) is 4.98. The molecule has 4 nitrogen and oxygen atoms in total. The Labute approximate surface area is 72.2 Å². The first kappa shape index (κ1) is 9.32. The lowest BCUT2D eigenvalue weighted by Crippen LogP contribution is -2.37. The van der Waals surface area contributed by atoms with Crippen LogP contribution in [0.3, 0.4) is 0 Å². The zero-order chi connectivity index (χ0) is 8.81. The molecule has 0 spiro atoms. The van der Waals surface area contributed by atoms with Gasteiger partial charge in [-0.1, -0.05) is 0 Å². The molecule has 0 saturated carbocycles. The zero-order valence-corrected chi connectivity index (χ0v) is 7.34. The third-order valence-electron chi connectivity index (χ3n) is 1.77. The summed E-state index contributed by atoms with van der Waals surface area (Å²) in [7, 11) is 0. The van der Waals surface area contributed by atoms with Gasteiger partial charge in [0.2, 0.25) is 0 Å². The molecule has 1 atom stereocenters. The van der Waals surface area contributed by atoms with E-state index in [0.717, 1.165) is 25.8 Å². The summed E-state index contributed by atoms with van der Waals surface area (Å²) in [5.41, 5.74) is 0. The van der Waals surface area contributed by atoms with Crippen LogP contribution < -0.4 is 5.32 Å². The maximum absolute atomic E-state index is 10.8. The van der Waals surface area contributed by atoms with E-state index in [1.807, 2.05) is 0 Å². The largest absolute Gasteiger partial charge is 0.509 e. The Morgan fingerprint density at radius 2 is 2.42 bits per heavy atom. The van der Waals surface area contributed by atoms with Crippen LogP contribution in [0.4, 0.5) is 4.79 Å². The van der Waals surface area contributed by atoms with Crippen molar-refractivity contribution in [3.05, 3.63) is 0 Å². The van der Waals surface area contributed by atoms with Crippen LogP contribution in [-0.4, -0.2) is 25.5 Å². The van der Waals surface area contributed by atoms with Crippen LogP contribution in [0.5, 0.6) is 0 Å². The normalized spacial score (nSPS) is 23.2. The van der Waals surface area contributed by atoms with Crippen molar-refractivity contribution < 1.29 is 14.3 Å². The number of piperidine rings is 1. The Balaban J connectivity index is 2.15. The molecule has 0 aliphatic carbocycles. The predicted octanol–water partition coefficient (Wildman–Crippen LogP) is 1.26. The van der Waals surface area contributed by atoms with E-state index in [1.165, 1.54) is 0 Å². The van der Waals surface area contributed by atoms with Crippen molar-refractivity contribution in [2.24, 2.45) is 0 Å². The molecule has 1 fully saturated rings. The average Bonchev–Trinajstić information content (AvgIpc) is 2.06. The molecule has 1 unspecified atom stereocenters. The van der Waals surface area contributed by atoms with Gasteiger partial charge in [0.1, 0.15) is 0 Å². The highest BCUT2D eigenvalue weighted by Crippen LogP contribution is 2.08. The molecule has 1 aliphatic rings.